The molecular weight excluding hydrogens is 194 g/mol. The van der Waals surface area contributed by atoms with E-state index in [4.69, 9.17) is 10.6 Å². The highest BCUT2D eigenvalue weighted by Crippen LogP contribution is 2.16. The zero-order valence-electron chi connectivity index (χ0n) is 9.08. The molecule has 0 aromatic carbocycles. The first-order valence-electron chi connectivity index (χ1n) is 4.89. The van der Waals surface area contributed by atoms with Crippen molar-refractivity contribution in [2.75, 3.05) is 30.5 Å². The topological polar surface area (TPSA) is 85.1 Å². The number of nitrogens with zero attached hydrogens (tertiary/aromatic N) is 2. The molecule has 0 atom stereocenters. The molecule has 0 aliphatic rings. The molecule has 0 unspecified atom stereocenters. The van der Waals surface area contributed by atoms with Gasteiger partial charge >= 0.3 is 0 Å². The molecular formula is C9H17N5O. The normalized spacial score (nSPS) is 10.1. The van der Waals surface area contributed by atoms with E-state index in [0.717, 1.165) is 24.5 Å². The van der Waals surface area contributed by atoms with E-state index in [1.807, 2.05) is 13.8 Å². The summed E-state index contributed by atoms with van der Waals surface area (Å²) in [4.78, 5) is 8.09. The molecule has 1 rings (SSSR count). The average Bonchev–Trinajstić information content (AvgIpc) is 2.26. The molecule has 0 amide bonds. The van der Waals surface area contributed by atoms with Gasteiger partial charge in [-0.3, -0.25) is 0 Å². The van der Waals surface area contributed by atoms with Crippen LogP contribution in [-0.4, -0.2) is 29.7 Å². The summed E-state index contributed by atoms with van der Waals surface area (Å²) in [6.07, 6.45) is 1.46. The lowest BCUT2D eigenvalue weighted by Gasteiger charge is -2.10. The van der Waals surface area contributed by atoms with E-state index in [9.17, 15) is 0 Å². The van der Waals surface area contributed by atoms with Crippen molar-refractivity contribution < 1.29 is 4.74 Å². The minimum Gasteiger partial charge on any atom is -0.380 e. The SMILES string of the molecule is CCOCCNc1ncnc(NN)c1C. The van der Waals surface area contributed by atoms with Crippen LogP contribution in [0.3, 0.4) is 0 Å². The van der Waals surface area contributed by atoms with Crippen LogP contribution < -0.4 is 16.6 Å². The summed E-state index contributed by atoms with van der Waals surface area (Å²) in [7, 11) is 0. The first kappa shape index (κ1) is 11.7. The quantitative estimate of drug-likeness (QED) is 0.361. The van der Waals surface area contributed by atoms with Gasteiger partial charge in [0.1, 0.15) is 18.0 Å². The van der Waals surface area contributed by atoms with E-state index in [2.05, 4.69) is 20.7 Å². The van der Waals surface area contributed by atoms with Crippen molar-refractivity contribution in [1.29, 1.82) is 0 Å². The maximum atomic E-state index is 5.30. The summed E-state index contributed by atoms with van der Waals surface area (Å²) in [5.74, 6) is 6.71. The zero-order valence-corrected chi connectivity index (χ0v) is 9.08. The number of anilines is 2. The maximum Gasteiger partial charge on any atom is 0.148 e. The molecule has 0 aliphatic heterocycles. The third-order valence-corrected chi connectivity index (χ3v) is 1.96. The fraction of sp³-hybridized carbons (Fsp3) is 0.556. The fourth-order valence-corrected chi connectivity index (χ4v) is 1.16. The average molecular weight is 211 g/mol. The summed E-state index contributed by atoms with van der Waals surface area (Å²) in [6, 6.07) is 0. The summed E-state index contributed by atoms with van der Waals surface area (Å²) in [5.41, 5.74) is 3.41. The highest BCUT2D eigenvalue weighted by atomic mass is 16.5. The van der Waals surface area contributed by atoms with Gasteiger partial charge in [-0.15, -0.1) is 0 Å². The van der Waals surface area contributed by atoms with Crippen molar-refractivity contribution >= 4 is 11.6 Å². The van der Waals surface area contributed by atoms with Gasteiger partial charge in [-0.1, -0.05) is 0 Å². The lowest BCUT2D eigenvalue weighted by Crippen LogP contribution is -2.15. The molecule has 4 N–H and O–H groups in total. The molecule has 1 aromatic heterocycles. The number of rotatable bonds is 6. The third kappa shape index (κ3) is 3.34. The lowest BCUT2D eigenvalue weighted by molar-refractivity contribution is 0.158. The molecule has 0 aliphatic carbocycles. The van der Waals surface area contributed by atoms with Crippen LogP contribution in [0.5, 0.6) is 0 Å². The van der Waals surface area contributed by atoms with Crippen molar-refractivity contribution in [3.8, 4) is 0 Å². The minimum atomic E-state index is 0.629. The van der Waals surface area contributed by atoms with E-state index in [1.54, 1.807) is 0 Å². The summed E-state index contributed by atoms with van der Waals surface area (Å²) in [6.45, 7) is 5.96. The Hall–Kier alpha value is -1.40. The molecule has 15 heavy (non-hydrogen) atoms. The Bertz CT molecular complexity index is 305. The molecule has 6 nitrogen and oxygen atoms in total. The Morgan fingerprint density at radius 2 is 2.13 bits per heavy atom. The highest BCUT2D eigenvalue weighted by molar-refractivity contribution is 5.55. The van der Waals surface area contributed by atoms with Gasteiger partial charge in [0.2, 0.25) is 0 Å². The smallest absolute Gasteiger partial charge is 0.148 e. The zero-order chi connectivity index (χ0) is 11.1. The van der Waals surface area contributed by atoms with E-state index < -0.39 is 0 Å². The van der Waals surface area contributed by atoms with Gasteiger partial charge in [-0.05, 0) is 13.8 Å². The van der Waals surface area contributed by atoms with Crippen molar-refractivity contribution in [1.82, 2.24) is 9.97 Å². The van der Waals surface area contributed by atoms with Crippen molar-refractivity contribution in [3.63, 3.8) is 0 Å². The second-order valence-electron chi connectivity index (χ2n) is 2.96. The molecule has 1 heterocycles. The molecule has 0 radical (unpaired) electrons. The van der Waals surface area contributed by atoms with Crippen LogP contribution in [0.25, 0.3) is 0 Å². The van der Waals surface area contributed by atoms with Gasteiger partial charge in [0.15, 0.2) is 0 Å². The van der Waals surface area contributed by atoms with Crippen LogP contribution in [0, 0.1) is 6.92 Å². The standard InChI is InChI=1S/C9H17N5O/c1-3-15-5-4-11-8-7(2)9(14-10)13-6-12-8/h6H,3-5,10H2,1-2H3,(H2,11,12,13,14). The molecule has 1 aromatic rings. The molecule has 6 heteroatoms. The first-order valence-corrected chi connectivity index (χ1v) is 4.89. The van der Waals surface area contributed by atoms with E-state index >= 15 is 0 Å². The predicted molar refractivity (Wildman–Crippen MR) is 59.6 cm³/mol. The van der Waals surface area contributed by atoms with Crippen LogP contribution in [0.4, 0.5) is 11.6 Å². The van der Waals surface area contributed by atoms with Crippen LogP contribution in [-0.2, 0) is 4.74 Å². The van der Waals surface area contributed by atoms with E-state index in [0.29, 0.717) is 12.4 Å². The largest absolute Gasteiger partial charge is 0.380 e. The number of nitrogen functional groups attached to an aromatic ring is 1. The number of nitrogens with one attached hydrogen (secondary N) is 2. The Kier molecular flexibility index (Phi) is 4.79. The van der Waals surface area contributed by atoms with E-state index in [-0.39, 0.29) is 0 Å². The Labute approximate surface area is 89.2 Å². The Balaban J connectivity index is 2.53. The Morgan fingerprint density at radius 1 is 1.40 bits per heavy atom. The molecule has 84 valence electrons. The van der Waals surface area contributed by atoms with Gasteiger partial charge in [0, 0.05) is 18.7 Å². The van der Waals surface area contributed by atoms with Gasteiger partial charge in [-0.2, -0.15) is 0 Å². The first-order chi connectivity index (χ1) is 7.29. The fourth-order valence-electron chi connectivity index (χ4n) is 1.16. The molecule has 0 saturated heterocycles. The van der Waals surface area contributed by atoms with Crippen LogP contribution in [0.15, 0.2) is 6.33 Å². The van der Waals surface area contributed by atoms with Crippen molar-refractivity contribution in [3.05, 3.63) is 11.9 Å². The minimum absolute atomic E-state index is 0.629. The number of nitrogens with two attached hydrogens (primary N) is 1. The van der Waals surface area contributed by atoms with Gasteiger partial charge in [0.05, 0.1) is 6.61 Å². The van der Waals surface area contributed by atoms with E-state index in [1.165, 1.54) is 6.33 Å². The number of hydrogen-bond acceptors (Lipinski definition) is 6. The highest BCUT2D eigenvalue weighted by Gasteiger charge is 2.04. The number of aromatic nitrogens is 2. The van der Waals surface area contributed by atoms with Crippen LogP contribution in [0.2, 0.25) is 0 Å². The maximum absolute atomic E-state index is 5.30. The molecule has 0 spiro atoms. The number of ether oxygens (including phenoxy) is 1. The Morgan fingerprint density at radius 3 is 2.80 bits per heavy atom. The second kappa shape index (κ2) is 6.15. The van der Waals surface area contributed by atoms with Crippen LogP contribution in [0.1, 0.15) is 12.5 Å². The van der Waals surface area contributed by atoms with Crippen molar-refractivity contribution in [2.24, 2.45) is 5.84 Å². The lowest BCUT2D eigenvalue weighted by atomic mass is 10.3. The summed E-state index contributed by atoms with van der Waals surface area (Å²) in [5, 5.41) is 3.15. The van der Waals surface area contributed by atoms with Gasteiger partial charge in [0.25, 0.3) is 0 Å². The molecule has 0 saturated carbocycles. The van der Waals surface area contributed by atoms with Crippen molar-refractivity contribution in [2.45, 2.75) is 13.8 Å². The number of hydrogen-bond donors (Lipinski definition) is 3. The second-order valence-corrected chi connectivity index (χ2v) is 2.96. The summed E-state index contributed by atoms with van der Waals surface area (Å²) >= 11 is 0. The monoisotopic (exact) mass is 211 g/mol. The molecule has 0 bridgehead atoms. The van der Waals surface area contributed by atoms with Crippen LogP contribution >= 0.6 is 0 Å². The van der Waals surface area contributed by atoms with Gasteiger partial charge < -0.3 is 15.5 Å². The van der Waals surface area contributed by atoms with Gasteiger partial charge in [-0.25, -0.2) is 15.8 Å². The molecule has 0 fully saturated rings. The predicted octanol–water partition coefficient (Wildman–Crippen LogP) is 0.519. The number of hydrazine groups is 1. The summed E-state index contributed by atoms with van der Waals surface area (Å²) < 4.78 is 5.21. The third-order valence-electron chi connectivity index (χ3n) is 1.96.